The molecule has 1 aromatic carbocycles. The van der Waals surface area contributed by atoms with Gasteiger partial charge in [0, 0.05) is 5.75 Å². The fourth-order valence-electron chi connectivity index (χ4n) is 2.17. The third-order valence-corrected chi connectivity index (χ3v) is 4.69. The normalized spacial score (nSPS) is 20.9. The van der Waals surface area contributed by atoms with Crippen molar-refractivity contribution in [2.45, 2.75) is 45.1 Å². The Morgan fingerprint density at radius 3 is 1.96 bits per heavy atom. The summed E-state index contributed by atoms with van der Waals surface area (Å²) in [6.45, 7) is 7.78. The summed E-state index contributed by atoms with van der Waals surface area (Å²) in [5, 5.41) is 0. The first-order valence-corrected chi connectivity index (χ1v) is 7.94. The summed E-state index contributed by atoms with van der Waals surface area (Å²) < 4.78 is 49.7. The summed E-state index contributed by atoms with van der Waals surface area (Å²) >= 11 is 4.29. The van der Waals surface area contributed by atoms with E-state index in [9.17, 15) is 13.2 Å². The van der Waals surface area contributed by atoms with Crippen LogP contribution in [0.3, 0.4) is 0 Å². The molecule has 1 aliphatic rings. The Hall–Kier alpha value is -0.915. The lowest BCUT2D eigenvalue weighted by Crippen LogP contribution is -2.41. The number of hydrogen-bond acceptors (Lipinski definition) is 3. The van der Waals surface area contributed by atoms with Gasteiger partial charge in [0.2, 0.25) is 0 Å². The monoisotopic (exact) mass is 344 g/mol. The van der Waals surface area contributed by atoms with Crippen LogP contribution in [0.25, 0.3) is 6.08 Å². The zero-order chi connectivity index (χ0) is 17.5. The second-order valence-electron chi connectivity index (χ2n) is 6.59. The van der Waals surface area contributed by atoms with E-state index in [2.05, 4.69) is 12.6 Å². The lowest BCUT2D eigenvalue weighted by molar-refractivity contribution is -0.137. The molecule has 7 heteroatoms. The van der Waals surface area contributed by atoms with E-state index in [1.165, 1.54) is 12.1 Å². The molecule has 1 aromatic rings. The largest absolute Gasteiger partial charge is 0.491 e. The van der Waals surface area contributed by atoms with E-state index < -0.39 is 30.1 Å². The van der Waals surface area contributed by atoms with Gasteiger partial charge in [0.25, 0.3) is 0 Å². The molecular formula is C16H20BF3O2S. The molecule has 1 fully saturated rings. The first-order chi connectivity index (χ1) is 10.5. The van der Waals surface area contributed by atoms with Crippen molar-refractivity contribution < 1.29 is 22.5 Å². The Morgan fingerprint density at radius 1 is 1.09 bits per heavy atom. The van der Waals surface area contributed by atoms with E-state index in [1.807, 2.05) is 27.7 Å². The predicted molar refractivity (Wildman–Crippen MR) is 89.4 cm³/mol. The van der Waals surface area contributed by atoms with Gasteiger partial charge in [0.05, 0.1) is 16.8 Å². The molecule has 0 atom stereocenters. The minimum atomic E-state index is -4.33. The lowest BCUT2D eigenvalue weighted by atomic mass is 9.78. The second-order valence-corrected chi connectivity index (χ2v) is 6.90. The van der Waals surface area contributed by atoms with Crippen molar-refractivity contribution in [1.82, 2.24) is 0 Å². The molecule has 126 valence electrons. The summed E-state index contributed by atoms with van der Waals surface area (Å²) in [4.78, 5) is 0. The summed E-state index contributed by atoms with van der Waals surface area (Å²) in [5.74, 6) is 0.387. The fraction of sp³-hybridized carbons (Fsp3) is 0.500. The van der Waals surface area contributed by atoms with Gasteiger partial charge in [-0.05, 0) is 50.9 Å². The van der Waals surface area contributed by atoms with Gasteiger partial charge in [-0.3, -0.25) is 0 Å². The Kier molecular flexibility index (Phi) is 4.95. The van der Waals surface area contributed by atoms with Gasteiger partial charge >= 0.3 is 13.3 Å². The Balaban J connectivity index is 2.23. The van der Waals surface area contributed by atoms with Crippen LogP contribution in [0.5, 0.6) is 0 Å². The van der Waals surface area contributed by atoms with Gasteiger partial charge in [0.15, 0.2) is 0 Å². The molecule has 0 radical (unpaired) electrons. The van der Waals surface area contributed by atoms with Crippen molar-refractivity contribution in [2.75, 3.05) is 5.75 Å². The molecule has 1 aliphatic heterocycles. The van der Waals surface area contributed by atoms with Gasteiger partial charge in [0.1, 0.15) is 0 Å². The summed E-state index contributed by atoms with van der Waals surface area (Å²) in [7, 11) is -0.556. The summed E-state index contributed by atoms with van der Waals surface area (Å²) in [5.41, 5.74) is -0.194. The maximum absolute atomic E-state index is 12.6. The number of rotatable bonds is 3. The summed E-state index contributed by atoms with van der Waals surface area (Å²) in [6.07, 6.45) is -2.57. The van der Waals surface area contributed by atoms with E-state index in [0.29, 0.717) is 11.3 Å². The molecule has 2 nitrogen and oxygen atoms in total. The number of alkyl halides is 3. The van der Waals surface area contributed by atoms with Crippen LogP contribution in [0.15, 0.2) is 29.7 Å². The molecule has 0 spiro atoms. The highest BCUT2D eigenvalue weighted by atomic mass is 32.1. The van der Waals surface area contributed by atoms with E-state index in [0.717, 1.165) is 17.6 Å². The maximum atomic E-state index is 12.6. The molecule has 23 heavy (non-hydrogen) atoms. The molecule has 0 amide bonds. The van der Waals surface area contributed by atoms with Gasteiger partial charge in [-0.1, -0.05) is 18.2 Å². The smallest absolute Gasteiger partial charge is 0.400 e. The van der Waals surface area contributed by atoms with Crippen molar-refractivity contribution >= 4 is 25.8 Å². The van der Waals surface area contributed by atoms with Crippen LogP contribution in [-0.4, -0.2) is 24.1 Å². The Morgan fingerprint density at radius 2 is 1.57 bits per heavy atom. The van der Waals surface area contributed by atoms with Crippen molar-refractivity contribution in [1.29, 1.82) is 0 Å². The number of hydrogen-bond donors (Lipinski definition) is 1. The number of halogens is 3. The maximum Gasteiger partial charge on any atom is 0.491 e. The SMILES string of the molecule is CC1(C)OB(C(=Cc2ccc(C(F)(F)F)cc2)CS)OC1(C)C. The minimum Gasteiger partial charge on any atom is -0.400 e. The highest BCUT2D eigenvalue weighted by Crippen LogP contribution is 2.39. The second kappa shape index (κ2) is 6.18. The van der Waals surface area contributed by atoms with Crippen LogP contribution in [0.4, 0.5) is 13.2 Å². The molecule has 0 aromatic heterocycles. The van der Waals surface area contributed by atoms with E-state index >= 15 is 0 Å². The van der Waals surface area contributed by atoms with Crippen molar-refractivity contribution in [2.24, 2.45) is 0 Å². The molecular weight excluding hydrogens is 324 g/mol. The van der Waals surface area contributed by atoms with Crippen LogP contribution in [-0.2, 0) is 15.5 Å². The number of benzene rings is 1. The van der Waals surface area contributed by atoms with Crippen LogP contribution < -0.4 is 0 Å². The zero-order valence-electron chi connectivity index (χ0n) is 13.6. The van der Waals surface area contributed by atoms with E-state index in [4.69, 9.17) is 9.31 Å². The molecule has 1 saturated heterocycles. The van der Waals surface area contributed by atoms with Gasteiger partial charge < -0.3 is 9.31 Å². The Bertz CT molecular complexity index is 578. The Labute approximate surface area is 140 Å². The summed E-state index contributed by atoms with van der Waals surface area (Å²) in [6, 6.07) is 4.98. The molecule has 0 unspecified atom stereocenters. The molecule has 2 rings (SSSR count). The molecule has 0 bridgehead atoms. The van der Waals surface area contributed by atoms with Gasteiger partial charge in [-0.2, -0.15) is 25.8 Å². The average molecular weight is 344 g/mol. The molecule has 0 saturated carbocycles. The fourth-order valence-corrected chi connectivity index (χ4v) is 2.41. The number of thiol groups is 1. The average Bonchev–Trinajstić information content (AvgIpc) is 2.64. The minimum absolute atomic E-state index is 0.387. The van der Waals surface area contributed by atoms with E-state index in [-0.39, 0.29) is 0 Å². The van der Waals surface area contributed by atoms with Crippen molar-refractivity contribution in [3.8, 4) is 0 Å². The first kappa shape index (κ1) is 18.4. The van der Waals surface area contributed by atoms with Crippen molar-refractivity contribution in [3.05, 3.63) is 40.9 Å². The third-order valence-electron chi connectivity index (χ3n) is 4.33. The zero-order valence-corrected chi connectivity index (χ0v) is 14.5. The van der Waals surface area contributed by atoms with Gasteiger partial charge in [-0.15, -0.1) is 0 Å². The van der Waals surface area contributed by atoms with Crippen LogP contribution in [0.1, 0.15) is 38.8 Å². The predicted octanol–water partition coefficient (Wildman–Crippen LogP) is 4.65. The highest BCUT2D eigenvalue weighted by molar-refractivity contribution is 7.80. The quantitative estimate of drug-likeness (QED) is 0.636. The first-order valence-electron chi connectivity index (χ1n) is 7.30. The van der Waals surface area contributed by atoms with Crippen molar-refractivity contribution in [3.63, 3.8) is 0 Å². The van der Waals surface area contributed by atoms with E-state index in [1.54, 1.807) is 6.08 Å². The highest BCUT2D eigenvalue weighted by Gasteiger charge is 2.52. The third kappa shape index (κ3) is 3.95. The topological polar surface area (TPSA) is 18.5 Å². The van der Waals surface area contributed by atoms with Crippen LogP contribution in [0, 0.1) is 0 Å². The van der Waals surface area contributed by atoms with Crippen LogP contribution in [0.2, 0.25) is 0 Å². The van der Waals surface area contributed by atoms with Gasteiger partial charge in [-0.25, -0.2) is 0 Å². The molecule has 0 N–H and O–H groups in total. The molecule has 0 aliphatic carbocycles. The van der Waals surface area contributed by atoms with Crippen LogP contribution >= 0.6 is 12.6 Å². The molecule has 1 heterocycles. The standard InChI is InChI=1S/C16H20BF3O2S/c1-14(2)15(3,4)22-17(21-14)13(10-23)9-11-5-7-12(8-6-11)16(18,19)20/h5-9,23H,10H2,1-4H3. The lowest BCUT2D eigenvalue weighted by Gasteiger charge is -2.32.